The van der Waals surface area contributed by atoms with E-state index in [4.69, 9.17) is 4.74 Å². The van der Waals surface area contributed by atoms with Gasteiger partial charge in [0.1, 0.15) is 29.7 Å². The Morgan fingerprint density at radius 2 is 2.13 bits per heavy atom. The van der Waals surface area contributed by atoms with Crippen molar-refractivity contribution in [3.05, 3.63) is 12.0 Å². The Morgan fingerprint density at radius 1 is 1.40 bits per heavy atom. The quantitative estimate of drug-likeness (QED) is 0.249. The summed E-state index contributed by atoms with van der Waals surface area (Å²) in [6, 6.07) is -1.07. The van der Waals surface area contributed by atoms with Gasteiger partial charge in [0.2, 0.25) is 5.91 Å². The molecule has 7 atom stereocenters. The lowest BCUT2D eigenvalue weighted by atomic mass is 9.96. The van der Waals surface area contributed by atoms with Crippen LogP contribution in [0, 0.1) is 0 Å². The largest absolute Gasteiger partial charge is 0.394 e. The first-order valence-corrected chi connectivity index (χ1v) is 10.4. The van der Waals surface area contributed by atoms with Crippen LogP contribution in [0.3, 0.4) is 0 Å². The highest BCUT2D eigenvalue weighted by Crippen LogP contribution is 2.36. The Labute approximate surface area is 173 Å². The first kappa shape index (κ1) is 21.1. The van der Waals surface area contributed by atoms with Crippen molar-refractivity contribution in [2.45, 2.75) is 54.8 Å². The molecule has 2 fully saturated rings. The lowest BCUT2D eigenvalue weighted by Crippen LogP contribution is -2.38. The molecule has 2 aromatic heterocycles. The molecule has 0 aliphatic carbocycles. The summed E-state index contributed by atoms with van der Waals surface area (Å²) in [7, 11) is 0. The fourth-order valence-electron chi connectivity index (χ4n) is 3.71. The Bertz CT molecular complexity index is 1000. The van der Waals surface area contributed by atoms with E-state index in [9.17, 15) is 29.3 Å². The van der Waals surface area contributed by atoms with E-state index in [0.717, 1.165) is 11.8 Å². The number of fused-ring (bicyclic) bond motifs is 1. The summed E-state index contributed by atoms with van der Waals surface area (Å²) in [5.74, 6) is -2.47. The zero-order valence-corrected chi connectivity index (χ0v) is 16.8. The zero-order chi connectivity index (χ0) is 21.7. The van der Waals surface area contributed by atoms with Crippen molar-refractivity contribution in [2.75, 3.05) is 12.9 Å². The number of carbonyl (C=O) groups excluding carboxylic acids is 2. The third-order valence-electron chi connectivity index (χ3n) is 5.27. The minimum atomic E-state index is -1.85. The normalized spacial score (nSPS) is 32.7. The van der Waals surface area contributed by atoms with Gasteiger partial charge in [-0.15, -0.1) is 0 Å². The van der Waals surface area contributed by atoms with Gasteiger partial charge in [-0.05, 0) is 13.2 Å². The summed E-state index contributed by atoms with van der Waals surface area (Å²) in [4.78, 5) is 38.0. The predicted molar refractivity (Wildman–Crippen MR) is 100 cm³/mol. The zero-order valence-electron chi connectivity index (χ0n) is 16.0. The molecular formula is C17H20FN5O6S. The highest BCUT2D eigenvalue weighted by atomic mass is 32.2. The maximum atomic E-state index is 14.6. The molecule has 4 N–H and O–H groups in total. The highest BCUT2D eigenvalue weighted by Gasteiger charge is 2.48. The molecule has 0 radical (unpaired) electrons. The molecule has 2 aromatic rings. The van der Waals surface area contributed by atoms with Crippen LogP contribution >= 0.6 is 11.8 Å². The van der Waals surface area contributed by atoms with Gasteiger partial charge >= 0.3 is 0 Å². The lowest BCUT2D eigenvalue weighted by Gasteiger charge is -2.16. The maximum Gasteiger partial charge on any atom is 0.237 e. The van der Waals surface area contributed by atoms with Crippen molar-refractivity contribution in [1.29, 1.82) is 0 Å². The molecule has 2 unspecified atom stereocenters. The van der Waals surface area contributed by atoms with E-state index in [1.807, 2.05) is 0 Å². The van der Waals surface area contributed by atoms with E-state index in [-0.39, 0.29) is 22.0 Å². The predicted octanol–water partition coefficient (Wildman–Crippen LogP) is -1.33. The smallest absolute Gasteiger partial charge is 0.237 e. The van der Waals surface area contributed by atoms with Crippen molar-refractivity contribution in [3.63, 3.8) is 0 Å². The molecule has 11 nitrogen and oxygen atoms in total. The third-order valence-corrected chi connectivity index (χ3v) is 5.81. The Balaban J connectivity index is 1.82. The van der Waals surface area contributed by atoms with Gasteiger partial charge in [-0.25, -0.2) is 19.3 Å². The van der Waals surface area contributed by atoms with Crippen LogP contribution < -0.4 is 5.32 Å². The lowest BCUT2D eigenvalue weighted by molar-refractivity contribution is -0.124. The van der Waals surface area contributed by atoms with Crippen LogP contribution in [-0.2, 0) is 14.3 Å². The van der Waals surface area contributed by atoms with Gasteiger partial charge in [0, 0.05) is 0 Å². The monoisotopic (exact) mass is 441 g/mol. The van der Waals surface area contributed by atoms with Crippen LogP contribution in [0.4, 0.5) is 4.39 Å². The molecule has 2 aliphatic rings. The van der Waals surface area contributed by atoms with Gasteiger partial charge in [-0.1, -0.05) is 11.8 Å². The first-order chi connectivity index (χ1) is 14.3. The summed E-state index contributed by atoms with van der Waals surface area (Å²) in [6.07, 6.45) is -3.98. The molecule has 162 valence electrons. The van der Waals surface area contributed by atoms with E-state index in [1.54, 1.807) is 6.26 Å². The summed E-state index contributed by atoms with van der Waals surface area (Å²) in [5.41, 5.74) is 0.260. The van der Waals surface area contributed by atoms with Crippen molar-refractivity contribution in [1.82, 2.24) is 24.8 Å². The average molecular weight is 441 g/mol. The number of ketones is 1. The Hall–Kier alpha value is -2.19. The number of imidazole rings is 1. The maximum absolute atomic E-state index is 14.6. The number of thioether (sulfide) groups is 1. The second-order valence-corrected chi connectivity index (χ2v) is 7.94. The van der Waals surface area contributed by atoms with E-state index < -0.39 is 61.0 Å². The Morgan fingerprint density at radius 3 is 2.70 bits per heavy atom. The molecule has 4 rings (SSSR count). The minimum Gasteiger partial charge on any atom is -0.394 e. The number of alkyl halides is 1. The second kappa shape index (κ2) is 7.81. The van der Waals surface area contributed by atoms with Gasteiger partial charge < -0.3 is 25.4 Å². The van der Waals surface area contributed by atoms with Crippen molar-refractivity contribution in [2.24, 2.45) is 0 Å². The molecule has 2 aliphatic heterocycles. The number of hydrogen-bond donors (Lipinski definition) is 4. The molecule has 0 aromatic carbocycles. The second-order valence-electron chi connectivity index (χ2n) is 7.16. The van der Waals surface area contributed by atoms with Crippen LogP contribution in [0.15, 0.2) is 11.5 Å². The molecule has 0 bridgehead atoms. The molecule has 13 heteroatoms. The summed E-state index contributed by atoms with van der Waals surface area (Å²) in [5, 5.41) is 31.6. The molecule has 2 saturated heterocycles. The summed E-state index contributed by atoms with van der Waals surface area (Å²) in [6.45, 7) is 0.822. The molecule has 0 saturated carbocycles. The van der Waals surface area contributed by atoms with Crippen molar-refractivity contribution in [3.8, 4) is 0 Å². The summed E-state index contributed by atoms with van der Waals surface area (Å²) >= 11 is 1.15. The van der Waals surface area contributed by atoms with Gasteiger partial charge in [0.05, 0.1) is 24.7 Å². The average Bonchev–Trinajstić information content (AvgIpc) is 3.36. The van der Waals surface area contributed by atoms with E-state index in [0.29, 0.717) is 0 Å². The number of carbonyl (C=O) groups is 2. The number of rotatable bonds is 5. The van der Waals surface area contributed by atoms with Crippen LogP contribution in [0.1, 0.15) is 24.8 Å². The SMILES string of the molecule is CSc1nc(C2C(=O)N[C@@H]([C@@H](C)O)C2=O)c2ncn([C@@H]3O[C@H](CO)C(O)[C@@H]3F)c2n1. The van der Waals surface area contributed by atoms with E-state index >= 15 is 0 Å². The Kier molecular flexibility index (Phi) is 5.48. The van der Waals surface area contributed by atoms with Crippen LogP contribution in [-0.4, -0.2) is 89.9 Å². The standard InChI is InChI=1S/C17H20FN5O6S/c1-5(25)9-13(27)7(15(28)20-9)10-11-14(22-17(21-10)30-2)23(4-19-11)16-8(18)12(26)6(3-24)29-16/h4-9,12,16,24-26H,3H2,1-2H3,(H,20,28)/t5-,6-,7?,8+,9+,12?,16-/m1/s1. The van der Waals surface area contributed by atoms with Crippen molar-refractivity contribution >= 4 is 34.6 Å². The first-order valence-electron chi connectivity index (χ1n) is 9.17. The molecular weight excluding hydrogens is 421 g/mol. The van der Waals surface area contributed by atoms with E-state index in [1.165, 1.54) is 17.8 Å². The topological polar surface area (TPSA) is 160 Å². The minimum absolute atomic E-state index is 0.0430. The number of nitrogens with one attached hydrogen (secondary N) is 1. The van der Waals surface area contributed by atoms with Crippen molar-refractivity contribution < 1.29 is 34.0 Å². The molecule has 4 heterocycles. The molecule has 30 heavy (non-hydrogen) atoms. The highest BCUT2D eigenvalue weighted by molar-refractivity contribution is 7.98. The van der Waals surface area contributed by atoms with Gasteiger partial charge in [-0.2, -0.15) is 0 Å². The number of amides is 1. The summed E-state index contributed by atoms with van der Waals surface area (Å²) < 4.78 is 21.3. The number of hydrogen-bond acceptors (Lipinski definition) is 10. The fraction of sp³-hybridized carbons (Fsp3) is 0.588. The number of halogens is 1. The number of aliphatic hydroxyl groups excluding tert-OH is 3. The van der Waals surface area contributed by atoms with Gasteiger partial charge in [-0.3, -0.25) is 14.2 Å². The van der Waals surface area contributed by atoms with Crippen LogP contribution in [0.2, 0.25) is 0 Å². The van der Waals surface area contributed by atoms with E-state index in [2.05, 4.69) is 20.3 Å². The third kappa shape index (κ3) is 3.17. The number of Topliss-reactive ketones (excluding diaryl/α,β-unsaturated/α-hetero) is 1. The van der Waals surface area contributed by atoms with Gasteiger partial charge in [0.15, 0.2) is 29.0 Å². The number of ether oxygens (including phenoxy) is 1. The number of nitrogens with zero attached hydrogens (tertiary/aromatic N) is 4. The number of aromatic nitrogens is 4. The van der Waals surface area contributed by atoms with Gasteiger partial charge in [0.25, 0.3) is 0 Å². The molecule has 1 amide bonds. The number of aliphatic hydroxyl groups is 3. The fourth-order valence-corrected chi connectivity index (χ4v) is 4.08. The van der Waals surface area contributed by atoms with Crippen LogP contribution in [0.5, 0.6) is 0 Å². The van der Waals surface area contributed by atoms with Crippen LogP contribution in [0.25, 0.3) is 11.2 Å². The molecule has 0 spiro atoms.